The summed E-state index contributed by atoms with van der Waals surface area (Å²) in [5, 5.41) is 0.532. The van der Waals surface area contributed by atoms with Gasteiger partial charge < -0.3 is 31.3 Å². The predicted octanol–water partition coefficient (Wildman–Crippen LogP) is -0.886. The van der Waals surface area contributed by atoms with Crippen molar-refractivity contribution < 1.29 is 100.0 Å². The van der Waals surface area contributed by atoms with Gasteiger partial charge in [-0.1, -0.05) is 65.1 Å². The molecule has 0 aliphatic heterocycles. The Morgan fingerprint density at radius 3 is 1.14 bits per heavy atom. The van der Waals surface area contributed by atoms with Gasteiger partial charge in [0.05, 0.1) is 63.9 Å². The number of methoxy groups -OCH3 is 4. The molecule has 2 aromatic rings. The number of thioether (sulfide) groups is 2. The summed E-state index contributed by atoms with van der Waals surface area (Å²) in [6.07, 6.45) is -0.208. The van der Waals surface area contributed by atoms with E-state index in [0.717, 1.165) is 0 Å². The van der Waals surface area contributed by atoms with Crippen LogP contribution in [0.15, 0.2) is 22.4 Å². The van der Waals surface area contributed by atoms with Crippen LogP contribution in [0.25, 0.3) is 0 Å². The minimum absolute atomic E-state index is 0. The Kier molecular flexibility index (Phi) is 19.8. The maximum atomic E-state index is 12.5. The number of carbonyl (C=O) groups excluding carboxylic acids is 2. The summed E-state index contributed by atoms with van der Waals surface area (Å²) in [6, 6.07) is 3.17. The van der Waals surface area contributed by atoms with E-state index in [0.29, 0.717) is 33.8 Å². The number of aromatic nitrogens is 4. The first kappa shape index (κ1) is 43.0. The van der Waals surface area contributed by atoms with Gasteiger partial charge in [0.15, 0.2) is 10.3 Å². The Morgan fingerprint density at radius 2 is 0.909 bits per heavy atom. The molecule has 0 N–H and O–H groups in total. The SMILES string of the molecule is COc1cc(OC)nc(SC(COC(=O)CCC(=O)OCC(Sc2nc(OC)cc(OC)n2)C(C)(C)C)C(C)(C)C)n1.[H-].[H-].[Na+].[Na+]. The molecule has 0 bridgehead atoms. The van der Waals surface area contributed by atoms with Crippen LogP contribution in [0, 0.1) is 10.8 Å². The maximum absolute atomic E-state index is 12.5. The number of hydrogen-bond donors (Lipinski definition) is 0. The van der Waals surface area contributed by atoms with Crippen LogP contribution in [-0.4, -0.2) is 84.0 Å². The van der Waals surface area contributed by atoms with E-state index in [-0.39, 0.29) is 109 Å². The van der Waals surface area contributed by atoms with Crippen LogP contribution in [0.1, 0.15) is 57.2 Å². The molecule has 0 aliphatic carbocycles. The second-order valence-electron chi connectivity index (χ2n) is 11.3. The van der Waals surface area contributed by atoms with Crippen LogP contribution in [-0.2, 0) is 19.1 Å². The average Bonchev–Trinajstić information content (AvgIpc) is 2.94. The summed E-state index contributed by atoms with van der Waals surface area (Å²) in [5.74, 6) is 0.491. The van der Waals surface area contributed by atoms with Crippen molar-refractivity contribution in [2.24, 2.45) is 10.8 Å². The van der Waals surface area contributed by atoms with Gasteiger partial charge in [0.1, 0.15) is 13.2 Å². The molecule has 0 amide bonds. The van der Waals surface area contributed by atoms with E-state index in [1.165, 1.54) is 52.0 Å². The van der Waals surface area contributed by atoms with Gasteiger partial charge in [-0.3, -0.25) is 9.59 Å². The number of rotatable bonds is 15. The molecule has 0 fully saturated rings. The van der Waals surface area contributed by atoms with Crippen LogP contribution in [0.3, 0.4) is 0 Å². The average molecular weight is 675 g/mol. The van der Waals surface area contributed by atoms with Gasteiger partial charge in [-0.15, -0.1) is 0 Å². The van der Waals surface area contributed by atoms with Crippen molar-refractivity contribution in [2.75, 3.05) is 41.7 Å². The van der Waals surface area contributed by atoms with Crippen LogP contribution < -0.4 is 78.1 Å². The molecule has 0 saturated heterocycles. The third-order valence-corrected chi connectivity index (χ3v) is 8.95. The zero-order valence-electron chi connectivity index (χ0n) is 30.0. The van der Waals surface area contributed by atoms with Gasteiger partial charge in [0.25, 0.3) is 0 Å². The second kappa shape index (κ2) is 20.3. The van der Waals surface area contributed by atoms with Crippen LogP contribution in [0.4, 0.5) is 0 Å². The van der Waals surface area contributed by atoms with Crippen molar-refractivity contribution in [3.8, 4) is 23.5 Å². The van der Waals surface area contributed by atoms with E-state index in [9.17, 15) is 9.59 Å². The predicted molar refractivity (Wildman–Crippen MR) is 162 cm³/mol. The summed E-state index contributed by atoms with van der Waals surface area (Å²) in [4.78, 5) is 42.5. The number of nitrogens with zero attached hydrogens (tertiary/aromatic N) is 4. The Balaban J connectivity index is -0.00000462. The molecule has 0 saturated carbocycles. The summed E-state index contributed by atoms with van der Waals surface area (Å²) in [7, 11) is 6.05. The number of carbonyl (C=O) groups is 2. The monoisotopic (exact) mass is 674 g/mol. The maximum Gasteiger partial charge on any atom is 1.00 e. The minimum Gasteiger partial charge on any atom is -1.00 e. The van der Waals surface area contributed by atoms with E-state index >= 15 is 0 Å². The fourth-order valence-electron chi connectivity index (χ4n) is 3.15. The minimum atomic E-state index is -0.496. The standard InChI is InChI=1S/C28H42N4O8S2.2Na.2H/c1-27(2,3)17(41-25-29-19(35-7)13-20(30-25)36-8)15-39-23(33)11-12-24(34)40-16-18(28(4,5)6)42-26-31-21(37-9)14-22(32-26)38-10;;;;/h13-14,17-18H,11-12,15-16H2,1-10H3;;;;/q;2*+1;2*-1. The summed E-state index contributed by atoms with van der Waals surface area (Å²) in [6.45, 7) is 12.4. The first-order valence-electron chi connectivity index (χ1n) is 13.3. The van der Waals surface area contributed by atoms with Gasteiger partial charge in [-0.05, 0) is 10.8 Å². The smallest absolute Gasteiger partial charge is 1.00 e. The molecule has 16 heteroatoms. The molecule has 12 nitrogen and oxygen atoms in total. The molecule has 44 heavy (non-hydrogen) atoms. The molecule has 0 spiro atoms. The third kappa shape index (κ3) is 15.1. The van der Waals surface area contributed by atoms with Gasteiger partial charge in [-0.25, -0.2) is 0 Å². The first-order valence-corrected chi connectivity index (χ1v) is 15.0. The van der Waals surface area contributed by atoms with E-state index in [2.05, 4.69) is 19.9 Å². The van der Waals surface area contributed by atoms with Crippen molar-refractivity contribution in [3.05, 3.63) is 12.1 Å². The molecule has 0 radical (unpaired) electrons. The van der Waals surface area contributed by atoms with Crippen molar-refractivity contribution in [3.63, 3.8) is 0 Å². The fraction of sp³-hybridized carbons (Fsp3) is 0.643. The molecular formula is C28H44N4Na2O8S2. The summed E-state index contributed by atoms with van der Waals surface area (Å²) < 4.78 is 32.0. The van der Waals surface area contributed by atoms with E-state index in [1.807, 2.05) is 41.5 Å². The van der Waals surface area contributed by atoms with Crippen molar-refractivity contribution in [2.45, 2.75) is 75.2 Å². The third-order valence-electron chi connectivity index (χ3n) is 5.91. The van der Waals surface area contributed by atoms with Gasteiger partial charge in [-0.2, -0.15) is 19.9 Å². The quantitative estimate of drug-likeness (QED) is 0.0999. The van der Waals surface area contributed by atoms with Gasteiger partial charge in [0, 0.05) is 0 Å². The normalized spacial score (nSPS) is 12.5. The second-order valence-corrected chi connectivity index (χ2v) is 13.6. The Hall–Kier alpha value is -1.00. The number of hydrogen-bond acceptors (Lipinski definition) is 14. The topological polar surface area (TPSA) is 141 Å². The van der Waals surface area contributed by atoms with Crippen LogP contribution in [0.2, 0.25) is 0 Å². The molecule has 2 heterocycles. The zero-order valence-corrected chi connectivity index (χ0v) is 33.6. The fourth-order valence-corrected chi connectivity index (χ4v) is 5.21. The van der Waals surface area contributed by atoms with Gasteiger partial charge >= 0.3 is 71.1 Å². The summed E-state index contributed by atoms with van der Waals surface area (Å²) >= 11 is 2.72. The number of ether oxygens (including phenoxy) is 6. The van der Waals surface area contributed by atoms with Crippen LogP contribution >= 0.6 is 23.5 Å². The zero-order chi connectivity index (χ0) is 31.5. The van der Waals surface area contributed by atoms with Crippen molar-refractivity contribution in [1.29, 1.82) is 0 Å². The molecule has 2 unspecified atom stereocenters. The van der Waals surface area contributed by atoms with Crippen LogP contribution in [0.5, 0.6) is 23.5 Å². The Morgan fingerprint density at radius 1 is 0.636 bits per heavy atom. The summed E-state index contributed by atoms with van der Waals surface area (Å²) in [5.41, 5.74) is -0.501. The van der Waals surface area contributed by atoms with Gasteiger partial charge in [0.2, 0.25) is 23.5 Å². The van der Waals surface area contributed by atoms with E-state index in [1.54, 1.807) is 12.1 Å². The Labute approximate surface area is 316 Å². The molecule has 238 valence electrons. The van der Waals surface area contributed by atoms with E-state index in [4.69, 9.17) is 28.4 Å². The Bertz CT molecular complexity index is 1080. The molecule has 2 rings (SSSR count). The first-order chi connectivity index (χ1) is 19.7. The van der Waals surface area contributed by atoms with Crippen molar-refractivity contribution >= 4 is 35.5 Å². The molecule has 0 aliphatic rings. The number of esters is 2. The molecule has 2 atom stereocenters. The molecule has 2 aromatic heterocycles. The molecular weight excluding hydrogens is 630 g/mol. The van der Waals surface area contributed by atoms with E-state index < -0.39 is 11.9 Å². The molecule has 0 aromatic carbocycles. The van der Waals surface area contributed by atoms with Crippen molar-refractivity contribution in [1.82, 2.24) is 19.9 Å². The largest absolute Gasteiger partial charge is 1.00 e.